The van der Waals surface area contributed by atoms with Gasteiger partial charge in [-0.15, -0.1) is 0 Å². The van der Waals surface area contributed by atoms with E-state index in [1.165, 1.54) is 14.2 Å². The second-order valence-electron chi connectivity index (χ2n) is 4.66. The van der Waals surface area contributed by atoms with Gasteiger partial charge < -0.3 is 14.7 Å². The fraction of sp³-hybridized carbons (Fsp3) is 0.385. The third-order valence-corrected chi connectivity index (χ3v) is 3.35. The largest absolute Gasteiger partial charge is 0.493 e. The van der Waals surface area contributed by atoms with Crippen molar-refractivity contribution in [2.45, 2.75) is 19.3 Å². The first-order valence-corrected chi connectivity index (χ1v) is 5.51. The zero-order valence-electron chi connectivity index (χ0n) is 10.8. The van der Waals surface area contributed by atoms with Gasteiger partial charge in [-0.25, -0.2) is 0 Å². The maximum absolute atomic E-state index is 12.1. The van der Waals surface area contributed by atoms with Crippen molar-refractivity contribution in [1.29, 1.82) is 0 Å². The first-order chi connectivity index (χ1) is 8.47. The number of benzene rings is 1. The van der Waals surface area contributed by atoms with Gasteiger partial charge >= 0.3 is 0 Å². The highest BCUT2D eigenvalue weighted by Crippen LogP contribution is 2.42. The molecule has 0 saturated carbocycles. The molecule has 96 valence electrons. The molecular formula is C13H15NO4. The molecule has 5 heteroatoms. The molecule has 1 aliphatic rings. The molecule has 0 atom stereocenters. The van der Waals surface area contributed by atoms with Gasteiger partial charge in [0.1, 0.15) is 5.71 Å². The number of carbonyl (C=O) groups is 1. The maximum Gasteiger partial charge on any atom is 0.211 e. The van der Waals surface area contributed by atoms with Gasteiger partial charge in [0.25, 0.3) is 0 Å². The van der Waals surface area contributed by atoms with Crippen molar-refractivity contribution in [3.05, 3.63) is 23.3 Å². The lowest BCUT2D eigenvalue weighted by atomic mass is 9.85. The molecule has 0 fully saturated rings. The van der Waals surface area contributed by atoms with Crippen molar-refractivity contribution in [2.24, 2.45) is 5.16 Å². The normalized spacial score (nSPS) is 18.9. The minimum Gasteiger partial charge on any atom is -0.493 e. The number of hydrogen-bond donors (Lipinski definition) is 1. The predicted molar refractivity (Wildman–Crippen MR) is 66.1 cm³/mol. The van der Waals surface area contributed by atoms with Crippen LogP contribution in [0.15, 0.2) is 17.3 Å². The summed E-state index contributed by atoms with van der Waals surface area (Å²) in [5.74, 6) is 0.759. The summed E-state index contributed by atoms with van der Waals surface area (Å²) in [6.45, 7) is 3.66. The Hall–Kier alpha value is -2.04. The Bertz CT molecular complexity index is 546. The number of oxime groups is 1. The van der Waals surface area contributed by atoms with Gasteiger partial charge in [0.15, 0.2) is 11.5 Å². The standard InChI is InChI=1S/C13H15NO4/c1-13(2)8-6-10(18-4)9(17-3)5-7(8)11(15)12(13)14-16/h5-6,16H,1-4H3/b14-12+. The van der Waals surface area contributed by atoms with Gasteiger partial charge in [0, 0.05) is 11.0 Å². The summed E-state index contributed by atoms with van der Waals surface area (Å²) in [5, 5.41) is 12.1. The van der Waals surface area contributed by atoms with Crippen LogP contribution in [-0.4, -0.2) is 30.9 Å². The third-order valence-electron chi connectivity index (χ3n) is 3.35. The summed E-state index contributed by atoms with van der Waals surface area (Å²) in [7, 11) is 3.05. The molecule has 2 rings (SSSR count). The highest BCUT2D eigenvalue weighted by atomic mass is 16.5. The molecule has 0 amide bonds. The van der Waals surface area contributed by atoms with E-state index in [1.54, 1.807) is 12.1 Å². The van der Waals surface area contributed by atoms with Crippen LogP contribution in [0.1, 0.15) is 29.8 Å². The Balaban J connectivity index is 2.73. The quantitative estimate of drug-likeness (QED) is 0.643. The number of methoxy groups -OCH3 is 2. The number of ether oxygens (including phenoxy) is 2. The number of carbonyl (C=O) groups excluding carboxylic acids is 1. The minimum absolute atomic E-state index is 0.132. The lowest BCUT2D eigenvalue weighted by Gasteiger charge is -2.19. The lowest BCUT2D eigenvalue weighted by molar-refractivity contribution is 0.106. The van der Waals surface area contributed by atoms with Crippen molar-refractivity contribution < 1.29 is 19.5 Å². The second kappa shape index (κ2) is 4.01. The molecule has 0 unspecified atom stereocenters. The number of nitrogens with zero attached hydrogens (tertiary/aromatic N) is 1. The van der Waals surface area contributed by atoms with Crippen molar-refractivity contribution in [3.63, 3.8) is 0 Å². The fourth-order valence-corrected chi connectivity index (χ4v) is 2.29. The van der Waals surface area contributed by atoms with Gasteiger partial charge in [0.2, 0.25) is 5.78 Å². The third kappa shape index (κ3) is 1.47. The smallest absolute Gasteiger partial charge is 0.211 e. The topological polar surface area (TPSA) is 68.1 Å². The van der Waals surface area contributed by atoms with E-state index in [9.17, 15) is 4.79 Å². The van der Waals surface area contributed by atoms with Crippen molar-refractivity contribution >= 4 is 11.5 Å². The Morgan fingerprint density at radius 2 is 1.72 bits per heavy atom. The van der Waals surface area contributed by atoms with Crippen LogP contribution in [0.3, 0.4) is 0 Å². The molecule has 0 spiro atoms. The molecule has 1 N–H and O–H groups in total. The van der Waals surface area contributed by atoms with E-state index in [0.29, 0.717) is 17.1 Å². The molecule has 1 aromatic carbocycles. The summed E-state index contributed by atoms with van der Waals surface area (Å²) in [6.07, 6.45) is 0. The molecule has 0 bridgehead atoms. The summed E-state index contributed by atoms with van der Waals surface area (Å²) in [6, 6.07) is 3.38. The average molecular weight is 249 g/mol. The van der Waals surface area contributed by atoms with Gasteiger partial charge in [-0.3, -0.25) is 4.79 Å². The molecule has 0 aromatic heterocycles. The van der Waals surface area contributed by atoms with Gasteiger partial charge in [-0.05, 0) is 31.5 Å². The predicted octanol–water partition coefficient (Wildman–Crippen LogP) is 2.01. The molecule has 5 nitrogen and oxygen atoms in total. The number of ketones is 1. The fourth-order valence-electron chi connectivity index (χ4n) is 2.29. The van der Waals surface area contributed by atoms with Gasteiger partial charge in [-0.1, -0.05) is 5.16 Å². The van der Waals surface area contributed by atoms with Crippen LogP contribution in [0.2, 0.25) is 0 Å². The number of Topliss-reactive ketones (excluding diaryl/α,β-unsaturated/α-hetero) is 1. The molecule has 0 heterocycles. The lowest BCUT2D eigenvalue weighted by Crippen LogP contribution is -2.27. The van der Waals surface area contributed by atoms with Gasteiger partial charge in [0.05, 0.1) is 14.2 Å². The Morgan fingerprint density at radius 3 is 2.22 bits per heavy atom. The highest BCUT2D eigenvalue weighted by Gasteiger charge is 2.44. The first-order valence-electron chi connectivity index (χ1n) is 5.51. The van der Waals surface area contributed by atoms with Crippen LogP contribution in [0.25, 0.3) is 0 Å². The van der Waals surface area contributed by atoms with Crippen LogP contribution in [0.4, 0.5) is 0 Å². The van der Waals surface area contributed by atoms with E-state index < -0.39 is 5.41 Å². The van der Waals surface area contributed by atoms with Crippen LogP contribution < -0.4 is 9.47 Å². The number of hydrogen-bond acceptors (Lipinski definition) is 5. The zero-order valence-corrected chi connectivity index (χ0v) is 10.8. The second-order valence-corrected chi connectivity index (χ2v) is 4.66. The molecule has 1 aromatic rings. The molecule has 0 aliphatic heterocycles. The van der Waals surface area contributed by atoms with E-state index in [-0.39, 0.29) is 11.5 Å². The van der Waals surface area contributed by atoms with E-state index >= 15 is 0 Å². The molecule has 18 heavy (non-hydrogen) atoms. The summed E-state index contributed by atoms with van der Waals surface area (Å²) in [4.78, 5) is 12.1. The Kier molecular flexibility index (Phi) is 2.77. The Morgan fingerprint density at radius 1 is 1.17 bits per heavy atom. The van der Waals surface area contributed by atoms with Crippen LogP contribution >= 0.6 is 0 Å². The minimum atomic E-state index is -0.638. The van der Waals surface area contributed by atoms with E-state index in [4.69, 9.17) is 14.7 Å². The number of fused-ring (bicyclic) bond motifs is 1. The van der Waals surface area contributed by atoms with Crippen LogP contribution in [0, 0.1) is 0 Å². The summed E-state index contributed by atoms with van der Waals surface area (Å²) >= 11 is 0. The van der Waals surface area contributed by atoms with Crippen molar-refractivity contribution in [2.75, 3.05) is 14.2 Å². The zero-order chi connectivity index (χ0) is 13.5. The highest BCUT2D eigenvalue weighted by molar-refractivity contribution is 6.52. The monoisotopic (exact) mass is 249 g/mol. The van der Waals surface area contributed by atoms with E-state index in [2.05, 4.69) is 5.16 Å². The molecular weight excluding hydrogens is 234 g/mol. The first kappa shape index (κ1) is 12.4. The summed E-state index contributed by atoms with van der Waals surface area (Å²) < 4.78 is 10.4. The molecule has 1 aliphatic carbocycles. The van der Waals surface area contributed by atoms with Crippen molar-refractivity contribution in [3.8, 4) is 11.5 Å². The van der Waals surface area contributed by atoms with Gasteiger partial charge in [-0.2, -0.15) is 0 Å². The van der Waals surface area contributed by atoms with Crippen LogP contribution in [-0.2, 0) is 5.41 Å². The average Bonchev–Trinajstić information content (AvgIpc) is 2.55. The van der Waals surface area contributed by atoms with Crippen LogP contribution in [0.5, 0.6) is 11.5 Å². The van der Waals surface area contributed by atoms with E-state index in [1.807, 2.05) is 13.8 Å². The summed E-state index contributed by atoms with van der Waals surface area (Å²) in [5.41, 5.74) is 0.761. The van der Waals surface area contributed by atoms with Crippen molar-refractivity contribution in [1.82, 2.24) is 0 Å². The number of rotatable bonds is 2. The maximum atomic E-state index is 12.1. The molecule has 0 saturated heterocycles. The SMILES string of the molecule is COc1cc2c(cc1OC)C(C)(C)/C(=N/O)C2=O. The molecule has 0 radical (unpaired) electrons. The van der Waals surface area contributed by atoms with E-state index in [0.717, 1.165) is 5.56 Å². The Labute approximate surface area is 105 Å².